The Labute approximate surface area is 129 Å². The summed E-state index contributed by atoms with van der Waals surface area (Å²) >= 11 is 0. The van der Waals surface area contributed by atoms with Crippen LogP contribution in [0, 0.1) is 0 Å². The van der Waals surface area contributed by atoms with Crippen LogP contribution in [-0.2, 0) is 13.1 Å². The molecule has 2 rings (SSSR count). The van der Waals surface area contributed by atoms with E-state index in [1.54, 1.807) is 14.2 Å². The zero-order valence-corrected chi connectivity index (χ0v) is 12.7. The number of nitrogens with two attached hydrogens (primary N) is 2. The van der Waals surface area contributed by atoms with Crippen LogP contribution in [0.5, 0.6) is 11.5 Å². The molecule has 0 radical (unpaired) electrons. The number of rotatable bonds is 6. The van der Waals surface area contributed by atoms with Crippen LogP contribution in [-0.4, -0.2) is 14.2 Å². The van der Waals surface area contributed by atoms with E-state index in [2.05, 4.69) is 10.2 Å². The second-order valence-electron chi connectivity index (χ2n) is 4.62. The van der Waals surface area contributed by atoms with Crippen molar-refractivity contribution in [3.05, 3.63) is 47.5 Å². The van der Waals surface area contributed by atoms with Crippen molar-refractivity contribution < 1.29 is 9.47 Å². The number of hydrogen-bond acceptors (Lipinski definition) is 6. The highest BCUT2D eigenvalue weighted by Gasteiger charge is 2.06. The van der Waals surface area contributed by atoms with Gasteiger partial charge in [0.15, 0.2) is 0 Å². The minimum atomic E-state index is 0.429. The second-order valence-corrected chi connectivity index (χ2v) is 4.62. The van der Waals surface area contributed by atoms with Crippen molar-refractivity contribution in [2.75, 3.05) is 14.2 Å². The summed E-state index contributed by atoms with van der Waals surface area (Å²) in [6, 6.07) is 11.1. The molecule has 0 atom stereocenters. The number of benzene rings is 2. The van der Waals surface area contributed by atoms with Gasteiger partial charge in [-0.2, -0.15) is 0 Å². The Morgan fingerprint density at radius 1 is 0.773 bits per heavy atom. The molecule has 0 saturated carbocycles. The fourth-order valence-electron chi connectivity index (χ4n) is 1.99. The molecule has 6 nitrogen and oxygen atoms in total. The molecule has 0 unspecified atom stereocenters. The third kappa shape index (κ3) is 3.60. The summed E-state index contributed by atoms with van der Waals surface area (Å²) in [4.78, 5) is 0. The predicted molar refractivity (Wildman–Crippen MR) is 85.9 cm³/mol. The Kier molecular flexibility index (Phi) is 5.46. The van der Waals surface area contributed by atoms with Gasteiger partial charge in [0.25, 0.3) is 0 Å². The van der Waals surface area contributed by atoms with Crippen LogP contribution in [0.1, 0.15) is 11.1 Å². The minimum absolute atomic E-state index is 0.429. The van der Waals surface area contributed by atoms with E-state index in [9.17, 15) is 0 Å². The topological polar surface area (TPSA) is 95.2 Å². The molecule has 0 saturated heterocycles. The summed E-state index contributed by atoms with van der Waals surface area (Å²) in [5.41, 5.74) is 14.5. The van der Waals surface area contributed by atoms with Gasteiger partial charge in [-0.25, -0.2) is 0 Å². The summed E-state index contributed by atoms with van der Waals surface area (Å²) < 4.78 is 10.6. The lowest BCUT2D eigenvalue weighted by Gasteiger charge is -2.07. The number of hydrogen-bond donors (Lipinski definition) is 2. The quantitative estimate of drug-likeness (QED) is 0.801. The molecule has 116 valence electrons. The molecule has 0 bridgehead atoms. The largest absolute Gasteiger partial charge is 0.494 e. The molecule has 2 aromatic carbocycles. The average molecular weight is 300 g/mol. The average Bonchev–Trinajstić information content (AvgIpc) is 2.59. The van der Waals surface area contributed by atoms with E-state index in [0.29, 0.717) is 36.0 Å². The molecule has 4 N–H and O–H groups in total. The minimum Gasteiger partial charge on any atom is -0.494 e. The van der Waals surface area contributed by atoms with Gasteiger partial charge in [-0.15, -0.1) is 10.2 Å². The maximum Gasteiger partial charge on any atom is 0.146 e. The zero-order valence-electron chi connectivity index (χ0n) is 12.7. The Morgan fingerprint density at radius 2 is 1.18 bits per heavy atom. The van der Waals surface area contributed by atoms with E-state index < -0.39 is 0 Å². The van der Waals surface area contributed by atoms with Gasteiger partial charge in [0.05, 0.1) is 14.2 Å². The van der Waals surface area contributed by atoms with E-state index in [1.807, 2.05) is 36.4 Å². The first kappa shape index (κ1) is 15.9. The first-order chi connectivity index (χ1) is 10.7. The fraction of sp³-hybridized carbons (Fsp3) is 0.250. The van der Waals surface area contributed by atoms with Gasteiger partial charge in [0.2, 0.25) is 0 Å². The Morgan fingerprint density at radius 3 is 1.50 bits per heavy atom. The molecule has 0 fully saturated rings. The smallest absolute Gasteiger partial charge is 0.146 e. The lowest BCUT2D eigenvalue weighted by atomic mass is 10.2. The molecule has 0 heterocycles. The summed E-state index contributed by atoms with van der Waals surface area (Å²) in [7, 11) is 3.18. The fourth-order valence-corrected chi connectivity index (χ4v) is 1.99. The summed E-state index contributed by atoms with van der Waals surface area (Å²) in [5, 5.41) is 8.53. The van der Waals surface area contributed by atoms with Crippen LogP contribution in [0.15, 0.2) is 46.6 Å². The van der Waals surface area contributed by atoms with Gasteiger partial charge in [-0.1, -0.05) is 12.1 Å². The molecular weight excluding hydrogens is 280 g/mol. The Balaban J connectivity index is 2.39. The number of methoxy groups -OCH3 is 2. The van der Waals surface area contributed by atoms with Crippen molar-refractivity contribution >= 4 is 11.4 Å². The normalized spacial score (nSPS) is 10.9. The number of nitrogens with zero attached hydrogens (tertiary/aromatic N) is 2. The molecule has 0 amide bonds. The predicted octanol–water partition coefficient (Wildman–Crippen LogP) is 3.04. The lowest BCUT2D eigenvalue weighted by molar-refractivity contribution is 0.414. The monoisotopic (exact) mass is 300 g/mol. The van der Waals surface area contributed by atoms with Crippen molar-refractivity contribution in [2.24, 2.45) is 21.7 Å². The maximum atomic E-state index is 5.65. The van der Waals surface area contributed by atoms with Gasteiger partial charge in [0.1, 0.15) is 22.9 Å². The standard InChI is InChI=1S/C16H20N4O2/c1-21-15-5-3-11(9-17)7-13(15)19-20-14-8-12(10-18)4-6-16(14)22-2/h3-8H,9-10,17-18H2,1-2H3. The van der Waals surface area contributed by atoms with Crippen molar-refractivity contribution in [3.63, 3.8) is 0 Å². The van der Waals surface area contributed by atoms with Crippen LogP contribution in [0.2, 0.25) is 0 Å². The van der Waals surface area contributed by atoms with E-state index in [4.69, 9.17) is 20.9 Å². The van der Waals surface area contributed by atoms with Crippen molar-refractivity contribution in [3.8, 4) is 11.5 Å². The van der Waals surface area contributed by atoms with Crippen LogP contribution in [0.3, 0.4) is 0 Å². The highest BCUT2D eigenvalue weighted by molar-refractivity contribution is 5.56. The van der Waals surface area contributed by atoms with Crippen LogP contribution >= 0.6 is 0 Å². The van der Waals surface area contributed by atoms with E-state index in [0.717, 1.165) is 11.1 Å². The molecule has 22 heavy (non-hydrogen) atoms. The first-order valence-corrected chi connectivity index (χ1v) is 6.87. The van der Waals surface area contributed by atoms with Crippen LogP contribution in [0.25, 0.3) is 0 Å². The third-order valence-corrected chi connectivity index (χ3v) is 3.22. The molecule has 6 heteroatoms. The van der Waals surface area contributed by atoms with Gasteiger partial charge < -0.3 is 20.9 Å². The van der Waals surface area contributed by atoms with E-state index in [-0.39, 0.29) is 0 Å². The van der Waals surface area contributed by atoms with Gasteiger partial charge in [0, 0.05) is 13.1 Å². The molecule has 0 aliphatic carbocycles. The summed E-state index contributed by atoms with van der Waals surface area (Å²) in [5.74, 6) is 1.27. The number of ether oxygens (including phenoxy) is 2. The number of azo groups is 1. The van der Waals surface area contributed by atoms with Crippen LogP contribution in [0.4, 0.5) is 11.4 Å². The molecule has 0 aliphatic rings. The van der Waals surface area contributed by atoms with Crippen LogP contribution < -0.4 is 20.9 Å². The van der Waals surface area contributed by atoms with E-state index >= 15 is 0 Å². The second kappa shape index (κ2) is 7.53. The first-order valence-electron chi connectivity index (χ1n) is 6.87. The summed E-state index contributed by atoms with van der Waals surface area (Å²) in [6.07, 6.45) is 0. The lowest BCUT2D eigenvalue weighted by Crippen LogP contribution is -1.96. The maximum absolute atomic E-state index is 5.65. The molecule has 2 aromatic rings. The third-order valence-electron chi connectivity index (χ3n) is 3.22. The highest BCUT2D eigenvalue weighted by atomic mass is 16.5. The molecule has 0 aliphatic heterocycles. The summed E-state index contributed by atoms with van der Waals surface area (Å²) in [6.45, 7) is 0.858. The van der Waals surface area contributed by atoms with Gasteiger partial charge in [-0.05, 0) is 35.4 Å². The van der Waals surface area contributed by atoms with Crippen molar-refractivity contribution in [1.29, 1.82) is 0 Å². The van der Waals surface area contributed by atoms with E-state index in [1.165, 1.54) is 0 Å². The van der Waals surface area contributed by atoms with Gasteiger partial charge in [-0.3, -0.25) is 0 Å². The Bertz CT molecular complexity index is 614. The molecule has 0 aromatic heterocycles. The zero-order chi connectivity index (χ0) is 15.9. The molecule has 0 spiro atoms. The molecular formula is C16H20N4O2. The van der Waals surface area contributed by atoms with Crippen molar-refractivity contribution in [2.45, 2.75) is 13.1 Å². The van der Waals surface area contributed by atoms with Gasteiger partial charge >= 0.3 is 0 Å². The highest BCUT2D eigenvalue weighted by Crippen LogP contribution is 2.33. The van der Waals surface area contributed by atoms with Crippen molar-refractivity contribution in [1.82, 2.24) is 0 Å². The SMILES string of the molecule is COc1ccc(CN)cc1N=Nc1cc(CN)ccc1OC. The Hall–Kier alpha value is -2.44.